The van der Waals surface area contributed by atoms with Crippen molar-refractivity contribution >= 4 is 22.7 Å². The van der Waals surface area contributed by atoms with Gasteiger partial charge in [-0.1, -0.05) is 26.8 Å². The van der Waals surface area contributed by atoms with Crippen LogP contribution in [-0.4, -0.2) is 14.8 Å². The van der Waals surface area contributed by atoms with Crippen molar-refractivity contribution in [2.24, 2.45) is 0 Å². The maximum absolute atomic E-state index is 12.8. The number of aromatic amines is 1. The molecule has 3 aromatic heterocycles. The Bertz CT molecular complexity index is 949. The third kappa shape index (κ3) is 3.75. The van der Waals surface area contributed by atoms with Gasteiger partial charge >= 0.3 is 0 Å². The van der Waals surface area contributed by atoms with Crippen LogP contribution in [0.3, 0.4) is 0 Å². The Labute approximate surface area is 154 Å². The van der Waals surface area contributed by atoms with Crippen LogP contribution in [0.1, 0.15) is 44.1 Å². The highest BCUT2D eigenvalue weighted by Gasteiger charge is 2.24. The predicted molar refractivity (Wildman–Crippen MR) is 102 cm³/mol. The normalized spacial score (nSPS) is 11.6. The molecule has 3 aromatic rings. The highest BCUT2D eigenvalue weighted by atomic mass is 32.1. The Balaban J connectivity index is 1.91. The van der Waals surface area contributed by atoms with Gasteiger partial charge in [-0.25, -0.2) is 9.67 Å². The second-order valence-electron chi connectivity index (χ2n) is 6.89. The molecular weight excluding hydrogens is 352 g/mol. The lowest BCUT2D eigenvalue weighted by Gasteiger charge is -2.18. The van der Waals surface area contributed by atoms with Gasteiger partial charge in [-0.3, -0.25) is 9.89 Å². The average molecular weight is 373 g/mol. The Hall–Kier alpha value is -2.17. The molecule has 0 bridgehead atoms. The molecule has 3 rings (SSSR count). The molecular formula is C18H20N4OS2. The number of hydrogen-bond donors (Lipinski definition) is 1. The number of H-pyrrole nitrogens is 1. The molecule has 7 heteroatoms. The topological polar surface area (TPSA) is 74.5 Å². The minimum atomic E-state index is -0.181. The molecule has 0 aliphatic heterocycles. The highest BCUT2D eigenvalue weighted by molar-refractivity contribution is 7.20. The molecule has 0 aliphatic rings. The van der Waals surface area contributed by atoms with Crippen LogP contribution in [0.2, 0.25) is 0 Å². The molecule has 0 fully saturated rings. The zero-order chi connectivity index (χ0) is 18.0. The predicted octanol–water partition coefficient (Wildman–Crippen LogP) is 4.16. The van der Waals surface area contributed by atoms with Gasteiger partial charge in [0, 0.05) is 28.5 Å². The van der Waals surface area contributed by atoms with Crippen LogP contribution in [-0.2, 0) is 18.4 Å². The fraction of sp³-hybridized carbons (Fsp3) is 0.389. The van der Waals surface area contributed by atoms with Crippen molar-refractivity contribution in [3.05, 3.63) is 50.2 Å². The Morgan fingerprint density at radius 2 is 2.16 bits per heavy atom. The minimum absolute atomic E-state index is 0.0501. The lowest BCUT2D eigenvalue weighted by molar-refractivity contribution is 0.538. The third-order valence-electron chi connectivity index (χ3n) is 3.89. The van der Waals surface area contributed by atoms with Crippen molar-refractivity contribution in [1.82, 2.24) is 14.8 Å². The first-order valence-corrected chi connectivity index (χ1v) is 9.83. The molecule has 0 aromatic carbocycles. The summed E-state index contributed by atoms with van der Waals surface area (Å²) in [4.78, 5) is 18.6. The van der Waals surface area contributed by atoms with Crippen LogP contribution in [0, 0.1) is 11.3 Å². The molecule has 0 aliphatic carbocycles. The number of nitrogens with one attached hydrogen (secondary N) is 1. The molecule has 0 atom stereocenters. The van der Waals surface area contributed by atoms with Gasteiger partial charge in [0.2, 0.25) is 0 Å². The molecule has 0 spiro atoms. The van der Waals surface area contributed by atoms with Crippen molar-refractivity contribution in [2.45, 2.75) is 45.6 Å². The molecule has 0 amide bonds. The summed E-state index contributed by atoms with van der Waals surface area (Å²) in [6.07, 6.45) is 0.818. The van der Waals surface area contributed by atoms with E-state index >= 15 is 0 Å². The SMILES string of the molecule is CC(C)(C)c1[nH]n(Cc2csc(-c3cccs3)n2)c(=O)c1CCC#N. The molecule has 5 nitrogen and oxygen atoms in total. The maximum atomic E-state index is 12.8. The molecule has 130 valence electrons. The van der Waals surface area contributed by atoms with E-state index in [2.05, 4.69) is 36.9 Å². The van der Waals surface area contributed by atoms with E-state index in [1.165, 1.54) is 0 Å². The first-order chi connectivity index (χ1) is 11.9. The first kappa shape index (κ1) is 17.6. The van der Waals surface area contributed by atoms with E-state index in [1.54, 1.807) is 27.4 Å². The second kappa shape index (κ2) is 6.98. The van der Waals surface area contributed by atoms with Gasteiger partial charge < -0.3 is 0 Å². The summed E-state index contributed by atoms with van der Waals surface area (Å²) in [5.41, 5.74) is 2.25. The van der Waals surface area contributed by atoms with Crippen LogP contribution in [0.5, 0.6) is 0 Å². The summed E-state index contributed by atoms with van der Waals surface area (Å²) >= 11 is 3.25. The van der Waals surface area contributed by atoms with Crippen LogP contribution in [0.25, 0.3) is 9.88 Å². The molecule has 0 unspecified atom stereocenters. The van der Waals surface area contributed by atoms with E-state index in [4.69, 9.17) is 5.26 Å². The van der Waals surface area contributed by atoms with Crippen molar-refractivity contribution in [2.75, 3.05) is 0 Å². The van der Waals surface area contributed by atoms with Crippen molar-refractivity contribution in [3.63, 3.8) is 0 Å². The zero-order valence-corrected chi connectivity index (χ0v) is 16.1. The summed E-state index contributed by atoms with van der Waals surface area (Å²) in [7, 11) is 0. The highest BCUT2D eigenvalue weighted by Crippen LogP contribution is 2.28. The smallest absolute Gasteiger partial charge is 0.270 e. The molecule has 25 heavy (non-hydrogen) atoms. The third-order valence-corrected chi connectivity index (χ3v) is 5.82. The van der Waals surface area contributed by atoms with Crippen LogP contribution < -0.4 is 5.56 Å². The van der Waals surface area contributed by atoms with Gasteiger partial charge in [0.25, 0.3) is 5.56 Å². The second-order valence-corrected chi connectivity index (χ2v) is 8.69. The number of thiazole rings is 1. The quantitative estimate of drug-likeness (QED) is 0.730. The molecule has 3 heterocycles. The van der Waals surface area contributed by atoms with Crippen LogP contribution >= 0.6 is 22.7 Å². The standard InChI is InChI=1S/C18H20N4OS2/c1-18(2,3)15-13(6-4-8-19)17(23)22(21-15)10-12-11-25-16(20-12)14-7-5-9-24-14/h5,7,9,11,21H,4,6,10H2,1-3H3. The van der Waals surface area contributed by atoms with Gasteiger partial charge in [-0.2, -0.15) is 5.26 Å². The molecule has 1 N–H and O–H groups in total. The fourth-order valence-corrected chi connectivity index (χ4v) is 4.35. The summed E-state index contributed by atoms with van der Waals surface area (Å²) in [5.74, 6) is 0. The Morgan fingerprint density at radius 3 is 2.80 bits per heavy atom. The minimum Gasteiger partial charge on any atom is -0.299 e. The summed E-state index contributed by atoms with van der Waals surface area (Å²) in [6.45, 7) is 6.61. The van der Waals surface area contributed by atoms with E-state index < -0.39 is 0 Å². The average Bonchev–Trinajstić information content (AvgIpc) is 3.27. The summed E-state index contributed by atoms with van der Waals surface area (Å²) in [6, 6.07) is 6.18. The van der Waals surface area contributed by atoms with Crippen LogP contribution in [0.15, 0.2) is 27.7 Å². The Kier molecular flexibility index (Phi) is 4.93. The lowest BCUT2D eigenvalue weighted by Crippen LogP contribution is -2.20. The van der Waals surface area contributed by atoms with E-state index in [1.807, 2.05) is 22.9 Å². The van der Waals surface area contributed by atoms with Crippen molar-refractivity contribution < 1.29 is 0 Å². The summed E-state index contributed by atoms with van der Waals surface area (Å²) < 4.78 is 1.61. The fourth-order valence-electron chi connectivity index (χ4n) is 2.72. The van der Waals surface area contributed by atoms with E-state index in [0.717, 1.165) is 21.3 Å². The lowest BCUT2D eigenvalue weighted by atomic mass is 9.88. The van der Waals surface area contributed by atoms with Gasteiger partial charge in [-0.05, 0) is 17.9 Å². The van der Waals surface area contributed by atoms with E-state index in [-0.39, 0.29) is 11.0 Å². The largest absolute Gasteiger partial charge is 0.299 e. The number of nitrogens with zero attached hydrogens (tertiary/aromatic N) is 3. The number of rotatable bonds is 5. The van der Waals surface area contributed by atoms with Crippen molar-refractivity contribution in [3.8, 4) is 16.0 Å². The van der Waals surface area contributed by atoms with Gasteiger partial charge in [-0.15, -0.1) is 22.7 Å². The van der Waals surface area contributed by atoms with Gasteiger partial charge in [0.05, 0.1) is 23.2 Å². The monoisotopic (exact) mass is 372 g/mol. The van der Waals surface area contributed by atoms with Gasteiger partial charge in [0.15, 0.2) is 0 Å². The van der Waals surface area contributed by atoms with Gasteiger partial charge in [0.1, 0.15) is 5.01 Å². The van der Waals surface area contributed by atoms with E-state index in [0.29, 0.717) is 24.9 Å². The van der Waals surface area contributed by atoms with Crippen LogP contribution in [0.4, 0.5) is 0 Å². The molecule has 0 saturated carbocycles. The molecule has 0 radical (unpaired) electrons. The zero-order valence-electron chi connectivity index (χ0n) is 14.5. The number of aromatic nitrogens is 3. The Morgan fingerprint density at radius 1 is 1.36 bits per heavy atom. The van der Waals surface area contributed by atoms with Crippen molar-refractivity contribution in [1.29, 1.82) is 5.26 Å². The number of thiophene rings is 1. The number of nitriles is 1. The summed E-state index contributed by atoms with van der Waals surface area (Å²) in [5, 5.41) is 17.1. The number of hydrogen-bond acceptors (Lipinski definition) is 5. The van der Waals surface area contributed by atoms with E-state index in [9.17, 15) is 4.79 Å². The molecule has 0 saturated heterocycles. The maximum Gasteiger partial charge on any atom is 0.270 e. The first-order valence-electron chi connectivity index (χ1n) is 8.07.